The number of benzene rings is 1. The SMILES string of the molecule is Cc1c(NN2C=NCC2)cc(F)c2cccnc12.Cl. The van der Waals surface area contributed by atoms with Crippen LogP contribution in [0, 0.1) is 12.7 Å². The second kappa shape index (κ2) is 5.40. The van der Waals surface area contributed by atoms with Crippen molar-refractivity contribution in [1.82, 2.24) is 9.99 Å². The minimum atomic E-state index is -0.262. The lowest BCUT2D eigenvalue weighted by Gasteiger charge is -2.19. The summed E-state index contributed by atoms with van der Waals surface area (Å²) in [5, 5.41) is 2.40. The fourth-order valence-electron chi connectivity index (χ4n) is 2.07. The maximum Gasteiger partial charge on any atom is 0.134 e. The Kier molecular flexibility index (Phi) is 3.85. The molecule has 2 aromatic rings. The molecule has 1 aromatic heterocycles. The molecule has 100 valence electrons. The molecule has 0 spiro atoms. The predicted molar refractivity (Wildman–Crippen MR) is 77.4 cm³/mol. The largest absolute Gasteiger partial charge is 0.297 e. The number of nitrogens with zero attached hydrogens (tertiary/aromatic N) is 3. The van der Waals surface area contributed by atoms with Crippen LogP contribution in [0.15, 0.2) is 29.4 Å². The van der Waals surface area contributed by atoms with Gasteiger partial charge in [-0.25, -0.2) is 4.39 Å². The number of rotatable bonds is 2. The number of hydrogen-bond acceptors (Lipinski definition) is 4. The number of aliphatic imine (C=N–C) groups is 1. The van der Waals surface area contributed by atoms with E-state index in [0.29, 0.717) is 10.9 Å². The van der Waals surface area contributed by atoms with E-state index in [2.05, 4.69) is 15.4 Å². The first-order chi connectivity index (χ1) is 8.75. The molecule has 0 bridgehead atoms. The molecule has 19 heavy (non-hydrogen) atoms. The molecular weight excluding hydrogens is 267 g/mol. The fourth-order valence-corrected chi connectivity index (χ4v) is 2.07. The van der Waals surface area contributed by atoms with Crippen molar-refractivity contribution in [1.29, 1.82) is 0 Å². The molecule has 4 nitrogen and oxygen atoms in total. The molecule has 0 saturated heterocycles. The molecule has 2 heterocycles. The number of anilines is 1. The van der Waals surface area contributed by atoms with E-state index in [1.54, 1.807) is 24.7 Å². The number of fused-ring (bicyclic) bond motifs is 1. The number of hydrazine groups is 1. The van der Waals surface area contributed by atoms with Gasteiger partial charge in [-0.2, -0.15) is 0 Å². The number of hydrogen-bond donors (Lipinski definition) is 1. The van der Waals surface area contributed by atoms with Crippen LogP contribution in [0.3, 0.4) is 0 Å². The van der Waals surface area contributed by atoms with E-state index in [4.69, 9.17) is 0 Å². The fraction of sp³-hybridized carbons (Fsp3) is 0.231. The third kappa shape index (κ3) is 2.46. The predicted octanol–water partition coefficient (Wildman–Crippen LogP) is 2.77. The number of aryl methyl sites for hydroxylation is 1. The topological polar surface area (TPSA) is 40.5 Å². The van der Waals surface area contributed by atoms with Crippen LogP contribution >= 0.6 is 12.4 Å². The van der Waals surface area contributed by atoms with Gasteiger partial charge in [0, 0.05) is 17.1 Å². The molecule has 1 aliphatic rings. The monoisotopic (exact) mass is 280 g/mol. The molecule has 1 N–H and O–H groups in total. The number of pyridine rings is 1. The van der Waals surface area contributed by atoms with Crippen LogP contribution in [-0.2, 0) is 0 Å². The van der Waals surface area contributed by atoms with Crippen LogP contribution < -0.4 is 5.43 Å². The van der Waals surface area contributed by atoms with Crippen molar-refractivity contribution < 1.29 is 4.39 Å². The van der Waals surface area contributed by atoms with Gasteiger partial charge in [0.15, 0.2) is 0 Å². The zero-order chi connectivity index (χ0) is 12.5. The standard InChI is InChI=1S/C13H13FN4.ClH/c1-9-12(17-18-6-5-15-8-18)7-11(14)10-3-2-4-16-13(9)10;/h2-4,7-8,17H,5-6H2,1H3;1H. The van der Waals surface area contributed by atoms with E-state index in [1.165, 1.54) is 6.07 Å². The van der Waals surface area contributed by atoms with Crippen molar-refractivity contribution in [2.24, 2.45) is 4.99 Å². The van der Waals surface area contributed by atoms with Crippen LogP contribution in [0.4, 0.5) is 10.1 Å². The highest BCUT2D eigenvalue weighted by atomic mass is 35.5. The summed E-state index contributed by atoms with van der Waals surface area (Å²) in [4.78, 5) is 8.35. The zero-order valence-corrected chi connectivity index (χ0v) is 11.2. The summed E-state index contributed by atoms with van der Waals surface area (Å²) in [6, 6.07) is 4.99. The molecule has 0 saturated carbocycles. The van der Waals surface area contributed by atoms with E-state index in [9.17, 15) is 4.39 Å². The minimum absolute atomic E-state index is 0. The third-order valence-corrected chi connectivity index (χ3v) is 3.05. The number of aromatic nitrogens is 1. The van der Waals surface area contributed by atoms with E-state index >= 15 is 0 Å². The maximum absolute atomic E-state index is 14.0. The van der Waals surface area contributed by atoms with E-state index < -0.39 is 0 Å². The lowest BCUT2D eigenvalue weighted by Crippen LogP contribution is -2.27. The van der Waals surface area contributed by atoms with Crippen molar-refractivity contribution in [3.8, 4) is 0 Å². The van der Waals surface area contributed by atoms with E-state index in [1.807, 2.05) is 11.9 Å². The smallest absolute Gasteiger partial charge is 0.134 e. The summed E-state index contributed by atoms with van der Waals surface area (Å²) >= 11 is 0. The highest BCUT2D eigenvalue weighted by Gasteiger charge is 2.12. The van der Waals surface area contributed by atoms with Gasteiger partial charge >= 0.3 is 0 Å². The average molecular weight is 281 g/mol. The summed E-state index contributed by atoms with van der Waals surface area (Å²) in [7, 11) is 0. The first-order valence-electron chi connectivity index (χ1n) is 5.83. The van der Waals surface area contributed by atoms with Crippen molar-refractivity contribution in [2.75, 3.05) is 18.5 Å². The van der Waals surface area contributed by atoms with Crippen molar-refractivity contribution in [2.45, 2.75) is 6.92 Å². The van der Waals surface area contributed by atoms with Crippen LogP contribution in [0.2, 0.25) is 0 Å². The molecule has 0 atom stereocenters. The van der Waals surface area contributed by atoms with Crippen molar-refractivity contribution in [3.05, 3.63) is 35.8 Å². The molecule has 1 aliphatic heterocycles. The number of halogens is 2. The summed E-state index contributed by atoms with van der Waals surface area (Å²) in [5.41, 5.74) is 5.50. The highest BCUT2D eigenvalue weighted by Crippen LogP contribution is 2.26. The molecular formula is C13H14ClFN4. The first-order valence-corrected chi connectivity index (χ1v) is 5.83. The summed E-state index contributed by atoms with van der Waals surface area (Å²) in [6.45, 7) is 3.49. The lowest BCUT2D eigenvalue weighted by molar-refractivity contribution is 0.555. The average Bonchev–Trinajstić information content (AvgIpc) is 2.89. The Hall–Kier alpha value is -1.88. The molecule has 0 aliphatic carbocycles. The Bertz CT molecular complexity index is 629. The summed E-state index contributed by atoms with van der Waals surface area (Å²) in [6.07, 6.45) is 3.40. The maximum atomic E-state index is 14.0. The van der Waals surface area contributed by atoms with Crippen LogP contribution in [0.25, 0.3) is 10.9 Å². The van der Waals surface area contributed by atoms with Crippen LogP contribution in [0.1, 0.15) is 5.56 Å². The van der Waals surface area contributed by atoms with Gasteiger partial charge in [-0.15, -0.1) is 12.4 Å². The Morgan fingerprint density at radius 1 is 1.42 bits per heavy atom. The minimum Gasteiger partial charge on any atom is -0.297 e. The van der Waals surface area contributed by atoms with Crippen molar-refractivity contribution >= 4 is 35.3 Å². The van der Waals surface area contributed by atoms with Gasteiger partial charge in [0.05, 0.1) is 24.3 Å². The molecule has 3 rings (SSSR count). The molecule has 0 amide bonds. The first kappa shape index (κ1) is 13.5. The summed E-state index contributed by atoms with van der Waals surface area (Å²) < 4.78 is 14.0. The normalized spacial score (nSPS) is 13.7. The second-order valence-corrected chi connectivity index (χ2v) is 4.26. The molecule has 0 radical (unpaired) electrons. The van der Waals surface area contributed by atoms with E-state index in [-0.39, 0.29) is 18.2 Å². The van der Waals surface area contributed by atoms with Crippen LogP contribution in [0.5, 0.6) is 0 Å². The van der Waals surface area contributed by atoms with Gasteiger partial charge in [0.1, 0.15) is 12.2 Å². The highest BCUT2D eigenvalue weighted by molar-refractivity contribution is 5.87. The quantitative estimate of drug-likeness (QED) is 0.920. The third-order valence-electron chi connectivity index (χ3n) is 3.05. The van der Waals surface area contributed by atoms with Gasteiger partial charge in [0.2, 0.25) is 0 Å². The molecule has 1 aromatic carbocycles. The zero-order valence-electron chi connectivity index (χ0n) is 10.4. The number of nitrogens with one attached hydrogen (secondary N) is 1. The Labute approximate surface area is 116 Å². The molecule has 0 fully saturated rings. The van der Waals surface area contributed by atoms with Gasteiger partial charge in [0.25, 0.3) is 0 Å². The molecule has 6 heteroatoms. The lowest BCUT2D eigenvalue weighted by atomic mass is 10.1. The molecule has 0 unspecified atom stereocenters. The Balaban J connectivity index is 0.00000133. The summed E-state index contributed by atoms with van der Waals surface area (Å²) in [5.74, 6) is -0.262. The van der Waals surface area contributed by atoms with E-state index in [0.717, 1.165) is 24.3 Å². The second-order valence-electron chi connectivity index (χ2n) is 4.26. The Morgan fingerprint density at radius 3 is 3.00 bits per heavy atom. The van der Waals surface area contributed by atoms with Gasteiger partial charge in [-0.3, -0.25) is 20.4 Å². The van der Waals surface area contributed by atoms with Gasteiger partial charge in [-0.1, -0.05) is 0 Å². The Morgan fingerprint density at radius 2 is 2.26 bits per heavy atom. The van der Waals surface area contributed by atoms with Gasteiger partial charge < -0.3 is 0 Å². The van der Waals surface area contributed by atoms with Crippen LogP contribution in [-0.4, -0.2) is 29.4 Å². The van der Waals surface area contributed by atoms with Gasteiger partial charge in [-0.05, 0) is 25.1 Å². The van der Waals surface area contributed by atoms with Crippen molar-refractivity contribution in [3.63, 3.8) is 0 Å².